The summed E-state index contributed by atoms with van der Waals surface area (Å²) in [7, 11) is 3.45. The maximum atomic E-state index is 12.8. The van der Waals surface area contributed by atoms with E-state index in [1.54, 1.807) is 18.2 Å². The highest BCUT2D eigenvalue weighted by Crippen LogP contribution is 2.26. The summed E-state index contributed by atoms with van der Waals surface area (Å²) in [5, 5.41) is 5.89. The van der Waals surface area contributed by atoms with Gasteiger partial charge in [0.1, 0.15) is 0 Å². The second kappa shape index (κ2) is 12.0. The number of piperazine rings is 1. The maximum absolute atomic E-state index is 12.8. The summed E-state index contributed by atoms with van der Waals surface area (Å²) in [6.07, 6.45) is 5.07. The number of amides is 2. The molecule has 2 amide bonds. The van der Waals surface area contributed by atoms with Crippen molar-refractivity contribution < 1.29 is 19.1 Å². The molecule has 1 saturated heterocycles. The minimum atomic E-state index is -0.490. The highest BCUT2D eigenvalue weighted by atomic mass is 16.5. The summed E-state index contributed by atoms with van der Waals surface area (Å²) < 4.78 is 4.88. The Morgan fingerprint density at radius 3 is 2.28 bits per heavy atom. The SMILES string of the molecule is COC(=O)c1cc(CNC(=O)c2ccc(N3CCN(C)CC3)cc2)cc(NC(=O)C2CCCCC2)c1. The van der Waals surface area contributed by atoms with Gasteiger partial charge in [0.05, 0.1) is 12.7 Å². The summed E-state index contributed by atoms with van der Waals surface area (Å²) in [4.78, 5) is 42.4. The lowest BCUT2D eigenvalue weighted by molar-refractivity contribution is -0.120. The van der Waals surface area contributed by atoms with Gasteiger partial charge in [0.15, 0.2) is 0 Å². The molecule has 1 saturated carbocycles. The highest BCUT2D eigenvalue weighted by molar-refractivity contribution is 5.96. The number of benzene rings is 2. The number of likely N-dealkylation sites (N-methyl/N-ethyl adjacent to an activating group) is 1. The molecule has 0 atom stereocenters. The van der Waals surface area contributed by atoms with E-state index in [-0.39, 0.29) is 24.3 Å². The van der Waals surface area contributed by atoms with E-state index in [0.717, 1.165) is 57.5 Å². The molecule has 0 bridgehead atoms. The van der Waals surface area contributed by atoms with E-state index >= 15 is 0 Å². The Kier molecular flexibility index (Phi) is 8.59. The molecule has 1 aliphatic heterocycles. The van der Waals surface area contributed by atoms with Crippen LogP contribution < -0.4 is 15.5 Å². The Morgan fingerprint density at radius 2 is 1.61 bits per heavy atom. The van der Waals surface area contributed by atoms with Crippen LogP contribution in [-0.4, -0.2) is 63.0 Å². The van der Waals surface area contributed by atoms with Crippen LogP contribution in [0.2, 0.25) is 0 Å². The molecule has 2 aromatic rings. The van der Waals surface area contributed by atoms with Gasteiger partial charge in [0.25, 0.3) is 5.91 Å². The normalized spacial score (nSPS) is 16.9. The van der Waals surface area contributed by atoms with Crippen molar-refractivity contribution in [3.8, 4) is 0 Å². The molecule has 0 spiro atoms. The quantitative estimate of drug-likeness (QED) is 0.573. The predicted octanol–water partition coefficient (Wildman–Crippen LogP) is 3.67. The van der Waals surface area contributed by atoms with Crippen molar-refractivity contribution in [2.45, 2.75) is 38.6 Å². The minimum Gasteiger partial charge on any atom is -0.465 e. The Labute approximate surface area is 213 Å². The highest BCUT2D eigenvalue weighted by Gasteiger charge is 2.22. The van der Waals surface area contributed by atoms with Crippen molar-refractivity contribution in [3.05, 3.63) is 59.2 Å². The monoisotopic (exact) mass is 492 g/mol. The number of nitrogens with zero attached hydrogens (tertiary/aromatic N) is 2. The summed E-state index contributed by atoms with van der Waals surface area (Å²) in [6, 6.07) is 12.7. The van der Waals surface area contributed by atoms with Crippen molar-refractivity contribution in [2.24, 2.45) is 5.92 Å². The van der Waals surface area contributed by atoms with Crippen LogP contribution in [0.4, 0.5) is 11.4 Å². The molecule has 0 radical (unpaired) electrons. The Morgan fingerprint density at radius 1 is 0.917 bits per heavy atom. The molecule has 36 heavy (non-hydrogen) atoms. The molecule has 0 aromatic heterocycles. The van der Waals surface area contributed by atoms with Gasteiger partial charge in [-0.15, -0.1) is 0 Å². The van der Waals surface area contributed by atoms with Gasteiger partial charge in [-0.25, -0.2) is 4.79 Å². The van der Waals surface area contributed by atoms with Crippen LogP contribution in [0.25, 0.3) is 0 Å². The molecule has 4 rings (SSSR count). The van der Waals surface area contributed by atoms with Gasteiger partial charge in [0, 0.05) is 55.6 Å². The molecule has 2 aliphatic rings. The molecule has 8 nitrogen and oxygen atoms in total. The fourth-order valence-corrected chi connectivity index (χ4v) is 4.88. The zero-order valence-electron chi connectivity index (χ0n) is 21.2. The predicted molar refractivity (Wildman–Crippen MR) is 140 cm³/mol. The van der Waals surface area contributed by atoms with Crippen molar-refractivity contribution in [1.29, 1.82) is 0 Å². The van der Waals surface area contributed by atoms with Crippen LogP contribution in [0.3, 0.4) is 0 Å². The minimum absolute atomic E-state index is 0.00231. The fourth-order valence-electron chi connectivity index (χ4n) is 4.88. The second-order valence-corrected chi connectivity index (χ2v) is 9.75. The van der Waals surface area contributed by atoms with Crippen molar-refractivity contribution in [2.75, 3.05) is 50.6 Å². The summed E-state index contributed by atoms with van der Waals surface area (Å²) in [6.45, 7) is 4.21. The molecular weight excluding hydrogens is 456 g/mol. The molecular formula is C28H36N4O4. The first-order valence-electron chi connectivity index (χ1n) is 12.8. The van der Waals surface area contributed by atoms with Gasteiger partial charge in [-0.2, -0.15) is 0 Å². The lowest BCUT2D eigenvalue weighted by Crippen LogP contribution is -2.44. The van der Waals surface area contributed by atoms with Crippen LogP contribution in [0.1, 0.15) is 58.4 Å². The van der Waals surface area contributed by atoms with E-state index < -0.39 is 5.97 Å². The number of carbonyl (C=O) groups excluding carboxylic acids is 3. The lowest BCUT2D eigenvalue weighted by Gasteiger charge is -2.34. The summed E-state index contributed by atoms with van der Waals surface area (Å²) in [5.41, 5.74) is 3.26. The summed E-state index contributed by atoms with van der Waals surface area (Å²) >= 11 is 0. The Balaban J connectivity index is 1.40. The molecule has 1 aliphatic carbocycles. The third-order valence-electron chi connectivity index (χ3n) is 7.11. The smallest absolute Gasteiger partial charge is 0.337 e. The van der Waals surface area contributed by atoms with Crippen LogP contribution in [-0.2, 0) is 16.1 Å². The van der Waals surface area contributed by atoms with E-state index in [2.05, 4.69) is 27.5 Å². The van der Waals surface area contributed by atoms with Gasteiger partial charge >= 0.3 is 5.97 Å². The molecule has 192 valence electrons. The fraction of sp³-hybridized carbons (Fsp3) is 0.464. The number of hydrogen-bond donors (Lipinski definition) is 2. The van der Waals surface area contributed by atoms with Crippen molar-refractivity contribution in [1.82, 2.24) is 10.2 Å². The van der Waals surface area contributed by atoms with Crippen molar-refractivity contribution >= 4 is 29.2 Å². The number of nitrogens with one attached hydrogen (secondary N) is 2. The topological polar surface area (TPSA) is 91.0 Å². The summed E-state index contributed by atoms with van der Waals surface area (Å²) in [5.74, 6) is -0.711. The van der Waals surface area contributed by atoms with E-state index in [1.165, 1.54) is 13.5 Å². The Hall–Kier alpha value is -3.39. The van der Waals surface area contributed by atoms with Crippen molar-refractivity contribution in [3.63, 3.8) is 0 Å². The average Bonchev–Trinajstić information content (AvgIpc) is 2.92. The number of hydrogen-bond acceptors (Lipinski definition) is 6. The first-order valence-corrected chi connectivity index (χ1v) is 12.8. The number of anilines is 2. The molecule has 1 heterocycles. The lowest BCUT2D eigenvalue weighted by atomic mass is 9.88. The molecule has 8 heteroatoms. The molecule has 2 aromatic carbocycles. The van der Waals surface area contributed by atoms with E-state index in [9.17, 15) is 14.4 Å². The van der Waals surface area contributed by atoms with E-state index in [1.807, 2.05) is 24.3 Å². The van der Waals surface area contributed by atoms with Gasteiger partial charge in [-0.3, -0.25) is 9.59 Å². The van der Waals surface area contributed by atoms with E-state index in [4.69, 9.17) is 4.74 Å². The number of carbonyl (C=O) groups is 3. The maximum Gasteiger partial charge on any atom is 0.337 e. The van der Waals surface area contributed by atoms with Gasteiger partial charge in [-0.05, 0) is 67.9 Å². The standard InChI is InChI=1S/C28H36N4O4/c1-31-12-14-32(15-13-31)25-10-8-22(9-11-25)26(33)29-19-20-16-23(28(35)36-2)18-24(17-20)30-27(34)21-6-4-3-5-7-21/h8-11,16-18,21H,3-7,12-15,19H2,1-2H3,(H,29,33)(H,30,34). The zero-order valence-corrected chi connectivity index (χ0v) is 21.2. The van der Waals surface area contributed by atoms with Crippen LogP contribution in [0, 0.1) is 5.92 Å². The first-order chi connectivity index (χ1) is 17.4. The van der Waals surface area contributed by atoms with Gasteiger partial charge < -0.3 is 25.2 Å². The number of methoxy groups -OCH3 is 1. The number of rotatable bonds is 7. The molecule has 0 unspecified atom stereocenters. The van der Waals surface area contributed by atoms with Crippen LogP contribution in [0.5, 0.6) is 0 Å². The zero-order chi connectivity index (χ0) is 25.5. The third-order valence-corrected chi connectivity index (χ3v) is 7.11. The number of esters is 1. The van der Waals surface area contributed by atoms with Gasteiger partial charge in [0.2, 0.25) is 5.91 Å². The second-order valence-electron chi connectivity index (χ2n) is 9.75. The van der Waals surface area contributed by atoms with Crippen LogP contribution >= 0.6 is 0 Å². The van der Waals surface area contributed by atoms with E-state index in [0.29, 0.717) is 22.4 Å². The molecule has 2 N–H and O–H groups in total. The third kappa shape index (κ3) is 6.63. The van der Waals surface area contributed by atoms with Gasteiger partial charge in [-0.1, -0.05) is 19.3 Å². The number of ether oxygens (including phenoxy) is 1. The van der Waals surface area contributed by atoms with Crippen LogP contribution in [0.15, 0.2) is 42.5 Å². The Bertz CT molecular complexity index is 1070. The molecule has 2 fully saturated rings. The first kappa shape index (κ1) is 25.7. The largest absolute Gasteiger partial charge is 0.465 e. The average molecular weight is 493 g/mol.